The Bertz CT molecular complexity index is 1240. The van der Waals surface area contributed by atoms with E-state index in [-0.39, 0.29) is 22.5 Å². The highest BCUT2D eigenvalue weighted by Crippen LogP contribution is 2.35. The fourth-order valence-electron chi connectivity index (χ4n) is 3.73. The van der Waals surface area contributed by atoms with Gasteiger partial charge in [0.05, 0.1) is 23.5 Å². The molecule has 0 bridgehead atoms. The van der Waals surface area contributed by atoms with E-state index >= 15 is 0 Å². The number of sulfonamides is 1. The Kier molecular flexibility index (Phi) is 10.8. The van der Waals surface area contributed by atoms with Gasteiger partial charge in [0.2, 0.25) is 0 Å². The number of carbonyl (C=O) groups is 1. The van der Waals surface area contributed by atoms with Gasteiger partial charge in [-0.1, -0.05) is 69.4 Å². The summed E-state index contributed by atoms with van der Waals surface area (Å²) in [5.74, 6) is 0.879. The zero-order valence-electron chi connectivity index (χ0n) is 21.4. The van der Waals surface area contributed by atoms with Crippen molar-refractivity contribution in [3.05, 3.63) is 71.7 Å². The van der Waals surface area contributed by atoms with E-state index in [1.165, 1.54) is 48.8 Å². The fourth-order valence-corrected chi connectivity index (χ4v) is 5.94. The smallest absolute Gasteiger partial charge is 0.284 e. The maximum absolute atomic E-state index is 13.1. The van der Waals surface area contributed by atoms with Crippen LogP contribution in [0, 0.1) is 0 Å². The van der Waals surface area contributed by atoms with Crippen molar-refractivity contribution in [2.75, 3.05) is 20.3 Å². The molecule has 198 valence electrons. The second-order valence-electron chi connectivity index (χ2n) is 8.50. The van der Waals surface area contributed by atoms with Crippen molar-refractivity contribution in [1.29, 1.82) is 0 Å². The molecular weight excluding hydrogens is 508 g/mol. The van der Waals surface area contributed by atoms with Gasteiger partial charge in [-0.15, -0.1) is 11.0 Å². The Hall–Kier alpha value is -3.04. The average molecular weight is 543 g/mol. The number of methoxy groups -OCH3 is 1. The summed E-state index contributed by atoms with van der Waals surface area (Å²) in [6.07, 6.45) is 10.2. The van der Waals surface area contributed by atoms with Gasteiger partial charge >= 0.3 is 0 Å². The highest BCUT2D eigenvalue weighted by molar-refractivity contribution is 8.19. The molecule has 1 aliphatic heterocycles. The second kappa shape index (κ2) is 14.0. The summed E-state index contributed by atoms with van der Waals surface area (Å²) in [5.41, 5.74) is 0.736. The number of hydrogen-bond acceptors (Lipinski definition) is 6. The molecule has 0 spiro atoms. The third-order valence-corrected chi connectivity index (χ3v) is 8.08. The third kappa shape index (κ3) is 7.97. The van der Waals surface area contributed by atoms with Crippen LogP contribution in [0.1, 0.15) is 51.0 Å². The van der Waals surface area contributed by atoms with E-state index in [0.29, 0.717) is 23.0 Å². The van der Waals surface area contributed by atoms with Crippen molar-refractivity contribution < 1.29 is 22.7 Å². The fraction of sp³-hybridized carbons (Fsp3) is 0.357. The lowest BCUT2D eigenvalue weighted by atomic mass is 10.1. The minimum absolute atomic E-state index is 0.0637. The highest BCUT2D eigenvalue weighted by atomic mass is 32.2. The molecule has 1 fully saturated rings. The minimum atomic E-state index is -3.98. The molecule has 9 heteroatoms. The zero-order chi connectivity index (χ0) is 26.7. The third-order valence-electron chi connectivity index (χ3n) is 5.68. The topological polar surface area (TPSA) is 85.3 Å². The van der Waals surface area contributed by atoms with E-state index < -0.39 is 10.0 Å². The molecule has 3 rings (SSSR count). The largest absolute Gasteiger partial charge is 0.493 e. The number of carbonyl (C=O) groups excluding carboxylic acids is 1. The molecule has 0 unspecified atom stereocenters. The van der Waals surface area contributed by atoms with Crippen molar-refractivity contribution in [1.82, 2.24) is 4.90 Å². The molecule has 0 aromatic heterocycles. The van der Waals surface area contributed by atoms with Gasteiger partial charge in [-0.3, -0.25) is 9.69 Å². The van der Waals surface area contributed by atoms with Gasteiger partial charge in [-0.2, -0.15) is 8.42 Å². The Labute approximate surface area is 224 Å². The van der Waals surface area contributed by atoms with Gasteiger partial charge in [0.1, 0.15) is 0 Å². The Morgan fingerprint density at radius 3 is 2.46 bits per heavy atom. The monoisotopic (exact) mass is 542 g/mol. The van der Waals surface area contributed by atoms with Crippen LogP contribution >= 0.6 is 11.8 Å². The second-order valence-corrected chi connectivity index (χ2v) is 11.1. The summed E-state index contributed by atoms with van der Waals surface area (Å²) in [7, 11) is -2.39. The molecule has 0 aliphatic carbocycles. The van der Waals surface area contributed by atoms with E-state index in [2.05, 4.69) is 17.9 Å². The molecule has 2 aromatic rings. The molecule has 7 nitrogen and oxygen atoms in total. The van der Waals surface area contributed by atoms with Crippen LogP contribution in [0.2, 0.25) is 0 Å². The first-order valence-electron chi connectivity index (χ1n) is 12.4. The minimum Gasteiger partial charge on any atom is -0.493 e. The van der Waals surface area contributed by atoms with E-state index in [0.717, 1.165) is 30.2 Å². The van der Waals surface area contributed by atoms with Gasteiger partial charge in [0, 0.05) is 6.54 Å². The number of benzene rings is 2. The predicted octanol–water partition coefficient (Wildman–Crippen LogP) is 6.28. The van der Waals surface area contributed by atoms with Crippen LogP contribution in [0.15, 0.2) is 75.4 Å². The van der Waals surface area contributed by atoms with Crippen LogP contribution in [0.5, 0.6) is 11.5 Å². The Morgan fingerprint density at radius 1 is 1.03 bits per heavy atom. The van der Waals surface area contributed by atoms with Crippen LogP contribution in [-0.4, -0.2) is 44.7 Å². The number of rotatable bonds is 14. The lowest BCUT2D eigenvalue weighted by Gasteiger charge is -2.12. The number of nitrogens with zero attached hydrogens (tertiary/aromatic N) is 2. The number of amidine groups is 1. The van der Waals surface area contributed by atoms with Crippen LogP contribution in [-0.2, 0) is 14.8 Å². The first kappa shape index (κ1) is 28.5. The van der Waals surface area contributed by atoms with Gasteiger partial charge in [0.15, 0.2) is 16.7 Å². The highest BCUT2D eigenvalue weighted by Gasteiger charge is 2.34. The Balaban J connectivity index is 1.79. The summed E-state index contributed by atoms with van der Waals surface area (Å²) in [6, 6.07) is 13.4. The van der Waals surface area contributed by atoms with Crippen molar-refractivity contribution >= 4 is 38.9 Å². The molecule has 1 heterocycles. The number of ether oxygens (including phenoxy) is 2. The molecule has 1 amide bonds. The summed E-state index contributed by atoms with van der Waals surface area (Å²) in [4.78, 5) is 14.8. The molecule has 2 aromatic carbocycles. The van der Waals surface area contributed by atoms with Gasteiger partial charge in [0.25, 0.3) is 15.9 Å². The number of amides is 1. The van der Waals surface area contributed by atoms with Crippen molar-refractivity contribution in [2.45, 2.75) is 50.3 Å². The molecule has 37 heavy (non-hydrogen) atoms. The van der Waals surface area contributed by atoms with Gasteiger partial charge in [-0.25, -0.2) is 0 Å². The lowest BCUT2D eigenvalue weighted by molar-refractivity contribution is -0.121. The van der Waals surface area contributed by atoms with E-state index in [1.54, 1.807) is 37.5 Å². The number of unbranched alkanes of at least 4 members (excludes halogenated alkanes) is 5. The first-order chi connectivity index (χ1) is 17.9. The van der Waals surface area contributed by atoms with Gasteiger partial charge < -0.3 is 9.47 Å². The van der Waals surface area contributed by atoms with E-state index in [9.17, 15) is 13.2 Å². The van der Waals surface area contributed by atoms with E-state index in [4.69, 9.17) is 9.47 Å². The van der Waals surface area contributed by atoms with Gasteiger partial charge in [-0.05, 0) is 54.1 Å². The molecule has 0 N–H and O–H groups in total. The maximum atomic E-state index is 13.1. The summed E-state index contributed by atoms with van der Waals surface area (Å²) < 4.78 is 41.0. The van der Waals surface area contributed by atoms with Crippen molar-refractivity contribution in [2.24, 2.45) is 4.40 Å². The summed E-state index contributed by atoms with van der Waals surface area (Å²) in [6.45, 7) is 6.61. The summed E-state index contributed by atoms with van der Waals surface area (Å²) >= 11 is 1.02. The standard InChI is InChI=1S/C28H34N2O5S2/c1-4-6-7-8-9-13-19-35-25-20-22(16-17-24(25)34-3)21-26-27(31)30(18-5-2)28(36-26)29-37(32,33)23-14-11-10-12-15-23/h5,10-12,14-17,20-21H,2,4,6-9,13,18-19H2,1,3H3/b26-21-,29-28?. The zero-order valence-corrected chi connectivity index (χ0v) is 23.0. The predicted molar refractivity (Wildman–Crippen MR) is 150 cm³/mol. The quantitative estimate of drug-likeness (QED) is 0.159. The molecule has 0 radical (unpaired) electrons. The molecular formula is C28H34N2O5S2. The average Bonchev–Trinajstić information content (AvgIpc) is 3.17. The van der Waals surface area contributed by atoms with Crippen molar-refractivity contribution in [3.63, 3.8) is 0 Å². The van der Waals surface area contributed by atoms with Crippen molar-refractivity contribution in [3.8, 4) is 11.5 Å². The normalized spacial score (nSPS) is 15.9. The first-order valence-corrected chi connectivity index (χ1v) is 14.7. The van der Waals surface area contributed by atoms with Crippen LogP contribution in [0.25, 0.3) is 6.08 Å². The molecule has 0 atom stereocenters. The summed E-state index contributed by atoms with van der Waals surface area (Å²) in [5, 5.41) is 0.0908. The Morgan fingerprint density at radius 2 is 1.76 bits per heavy atom. The van der Waals surface area contributed by atoms with E-state index in [1.807, 2.05) is 12.1 Å². The lowest BCUT2D eigenvalue weighted by Crippen LogP contribution is -2.29. The van der Waals surface area contributed by atoms with Crippen LogP contribution < -0.4 is 9.47 Å². The molecule has 0 saturated carbocycles. The number of thioether (sulfide) groups is 1. The number of hydrogen-bond donors (Lipinski definition) is 0. The molecule has 1 saturated heterocycles. The molecule has 1 aliphatic rings. The SMILES string of the molecule is C=CCN1C(=O)/C(=C/c2ccc(OC)c(OCCCCCCCC)c2)SC1=NS(=O)(=O)c1ccccc1. The maximum Gasteiger partial charge on any atom is 0.284 e. The van der Waals surface area contributed by atoms with Crippen LogP contribution in [0.4, 0.5) is 0 Å². The van der Waals surface area contributed by atoms with Crippen LogP contribution in [0.3, 0.4) is 0 Å².